The van der Waals surface area contributed by atoms with Crippen LogP contribution in [0, 0.1) is 0 Å². The number of nitrogens with zero attached hydrogens (tertiary/aromatic N) is 2. The molecule has 0 radical (unpaired) electrons. The summed E-state index contributed by atoms with van der Waals surface area (Å²) in [5, 5.41) is 0. The van der Waals surface area contributed by atoms with Crippen molar-refractivity contribution in [2.24, 2.45) is 0 Å². The molecule has 0 aliphatic carbocycles. The highest BCUT2D eigenvalue weighted by Gasteiger charge is 2.25. The first-order chi connectivity index (χ1) is 12.1. The lowest BCUT2D eigenvalue weighted by atomic mass is 9.99. The number of methoxy groups -OCH3 is 1. The molecule has 0 unspecified atom stereocenters. The zero-order valence-corrected chi connectivity index (χ0v) is 14.2. The van der Waals surface area contributed by atoms with Crippen molar-refractivity contribution in [2.45, 2.75) is 19.4 Å². The minimum absolute atomic E-state index is 0.0580. The molecule has 0 saturated carbocycles. The number of pyridine rings is 1. The molecule has 6 nitrogen and oxygen atoms in total. The summed E-state index contributed by atoms with van der Waals surface area (Å²) in [6, 6.07) is 7.62. The second-order valence-corrected chi connectivity index (χ2v) is 6.36. The summed E-state index contributed by atoms with van der Waals surface area (Å²) in [4.78, 5) is 30.0. The third-order valence-electron chi connectivity index (χ3n) is 4.65. The van der Waals surface area contributed by atoms with Crippen molar-refractivity contribution < 1.29 is 19.1 Å². The lowest BCUT2D eigenvalue weighted by molar-refractivity contribution is 0.0593. The van der Waals surface area contributed by atoms with Crippen LogP contribution in [-0.2, 0) is 24.1 Å². The maximum Gasteiger partial charge on any atom is 0.356 e. The van der Waals surface area contributed by atoms with Crippen molar-refractivity contribution in [1.82, 2.24) is 9.88 Å². The van der Waals surface area contributed by atoms with Crippen LogP contribution in [-0.4, -0.2) is 42.5 Å². The quantitative estimate of drug-likeness (QED) is 0.801. The number of carbonyl (C=O) groups is 2. The van der Waals surface area contributed by atoms with Gasteiger partial charge in [0.2, 0.25) is 0 Å². The molecule has 1 aromatic heterocycles. The zero-order valence-electron chi connectivity index (χ0n) is 14.2. The van der Waals surface area contributed by atoms with Crippen molar-refractivity contribution in [3.05, 3.63) is 57.9 Å². The maximum absolute atomic E-state index is 12.0. The normalized spacial score (nSPS) is 15.0. The van der Waals surface area contributed by atoms with Crippen LogP contribution in [0.5, 0.6) is 5.75 Å². The molecule has 6 heteroatoms. The average molecular weight is 338 g/mol. The van der Waals surface area contributed by atoms with Gasteiger partial charge >= 0.3 is 5.97 Å². The molecule has 25 heavy (non-hydrogen) atoms. The number of benzene rings is 1. The predicted octanol–water partition coefficient (Wildman–Crippen LogP) is 1.98. The van der Waals surface area contributed by atoms with Crippen LogP contribution in [0.2, 0.25) is 0 Å². The van der Waals surface area contributed by atoms with Crippen LogP contribution in [0.1, 0.15) is 43.2 Å². The summed E-state index contributed by atoms with van der Waals surface area (Å²) in [6.07, 6.45) is 1.30. The van der Waals surface area contributed by atoms with Crippen molar-refractivity contribution in [3.63, 3.8) is 0 Å². The van der Waals surface area contributed by atoms with Crippen LogP contribution in [0.15, 0.2) is 24.3 Å². The lowest BCUT2D eigenvalue weighted by Gasteiger charge is -2.10. The molecule has 0 N–H and O–H groups in total. The van der Waals surface area contributed by atoms with E-state index < -0.39 is 5.97 Å². The Kier molecular flexibility index (Phi) is 3.67. The topological polar surface area (TPSA) is 68.7 Å². The van der Waals surface area contributed by atoms with Crippen LogP contribution >= 0.6 is 0 Å². The summed E-state index contributed by atoms with van der Waals surface area (Å²) >= 11 is 0. The first-order valence-corrected chi connectivity index (χ1v) is 8.18. The van der Waals surface area contributed by atoms with Crippen molar-refractivity contribution >= 4 is 11.9 Å². The van der Waals surface area contributed by atoms with Gasteiger partial charge in [0.1, 0.15) is 11.4 Å². The second kappa shape index (κ2) is 5.88. The molecule has 0 atom stereocenters. The molecule has 0 bridgehead atoms. The number of hydrogen-bond donors (Lipinski definition) is 0. The smallest absolute Gasteiger partial charge is 0.356 e. The average Bonchev–Trinajstić information content (AvgIpc) is 3.19. The first kappa shape index (κ1) is 15.6. The molecular weight excluding hydrogens is 320 g/mol. The summed E-state index contributed by atoms with van der Waals surface area (Å²) in [5.41, 5.74) is 4.89. The van der Waals surface area contributed by atoms with Crippen LogP contribution in [0.25, 0.3) is 0 Å². The fraction of sp³-hybridized carbons (Fsp3) is 0.316. The van der Waals surface area contributed by atoms with E-state index in [9.17, 15) is 9.59 Å². The van der Waals surface area contributed by atoms with E-state index >= 15 is 0 Å². The molecule has 1 aromatic carbocycles. The maximum atomic E-state index is 12.0. The minimum Gasteiger partial charge on any atom is -0.491 e. The van der Waals surface area contributed by atoms with E-state index in [2.05, 4.69) is 11.1 Å². The van der Waals surface area contributed by atoms with E-state index in [1.165, 1.54) is 7.11 Å². The Morgan fingerprint density at radius 3 is 3.00 bits per heavy atom. The molecule has 3 heterocycles. The molecule has 0 spiro atoms. The molecule has 4 rings (SSSR count). The highest BCUT2D eigenvalue weighted by atomic mass is 16.5. The summed E-state index contributed by atoms with van der Waals surface area (Å²) < 4.78 is 10.5. The van der Waals surface area contributed by atoms with Gasteiger partial charge in [-0.15, -0.1) is 0 Å². The summed E-state index contributed by atoms with van der Waals surface area (Å²) in [7, 11) is 3.15. The zero-order chi connectivity index (χ0) is 17.6. The van der Waals surface area contributed by atoms with Crippen LogP contribution < -0.4 is 4.74 Å². The number of rotatable bonds is 3. The number of amides is 1. The third kappa shape index (κ3) is 2.63. The largest absolute Gasteiger partial charge is 0.491 e. The lowest BCUT2D eigenvalue weighted by Crippen LogP contribution is -2.17. The monoisotopic (exact) mass is 338 g/mol. The van der Waals surface area contributed by atoms with E-state index in [1.54, 1.807) is 18.0 Å². The van der Waals surface area contributed by atoms with Gasteiger partial charge in [-0.25, -0.2) is 9.78 Å². The molecule has 2 aliphatic rings. The summed E-state index contributed by atoms with van der Waals surface area (Å²) in [5.74, 6) is 0.376. The number of fused-ring (bicyclic) bond motifs is 2. The van der Waals surface area contributed by atoms with E-state index in [1.807, 2.05) is 12.1 Å². The van der Waals surface area contributed by atoms with E-state index in [-0.39, 0.29) is 5.91 Å². The molecule has 0 fully saturated rings. The van der Waals surface area contributed by atoms with Gasteiger partial charge in [0.25, 0.3) is 5.91 Å². The van der Waals surface area contributed by atoms with E-state index in [0.717, 1.165) is 33.7 Å². The van der Waals surface area contributed by atoms with Gasteiger partial charge < -0.3 is 14.4 Å². The number of ether oxygens (including phenoxy) is 2. The Labute approximate surface area is 145 Å². The molecular formula is C19H18N2O4. The van der Waals surface area contributed by atoms with Crippen molar-refractivity contribution in [3.8, 4) is 5.75 Å². The second-order valence-electron chi connectivity index (χ2n) is 6.36. The molecule has 128 valence electrons. The number of carbonyl (C=O) groups excluding carboxylic acids is 2. The highest BCUT2D eigenvalue weighted by Crippen LogP contribution is 2.32. The van der Waals surface area contributed by atoms with Crippen molar-refractivity contribution in [1.29, 1.82) is 0 Å². The van der Waals surface area contributed by atoms with Crippen LogP contribution in [0.3, 0.4) is 0 Å². The highest BCUT2D eigenvalue weighted by molar-refractivity contribution is 5.98. The molecule has 2 aliphatic heterocycles. The fourth-order valence-corrected chi connectivity index (χ4v) is 3.43. The SMILES string of the molecule is COC(=O)c1cc(Cc2ccc3c(c2)CN(C)C3=O)c2c(n1)CCO2. The number of hydrogen-bond acceptors (Lipinski definition) is 5. The van der Waals surface area contributed by atoms with Crippen molar-refractivity contribution in [2.75, 3.05) is 20.8 Å². The van der Waals surface area contributed by atoms with Gasteiger partial charge in [0.05, 0.1) is 19.4 Å². The third-order valence-corrected chi connectivity index (χ3v) is 4.65. The Hall–Kier alpha value is -2.89. The summed E-state index contributed by atoms with van der Waals surface area (Å²) in [6.45, 7) is 1.20. The first-order valence-electron chi connectivity index (χ1n) is 8.18. The minimum atomic E-state index is -0.447. The fourth-order valence-electron chi connectivity index (χ4n) is 3.43. The van der Waals surface area contributed by atoms with Crippen LogP contribution in [0.4, 0.5) is 0 Å². The van der Waals surface area contributed by atoms with Gasteiger partial charge in [-0.3, -0.25) is 4.79 Å². The molecule has 2 aromatic rings. The number of aromatic nitrogens is 1. The van der Waals surface area contributed by atoms with Gasteiger partial charge in [0, 0.05) is 37.6 Å². The predicted molar refractivity (Wildman–Crippen MR) is 89.8 cm³/mol. The Morgan fingerprint density at radius 2 is 2.20 bits per heavy atom. The van der Waals surface area contributed by atoms with E-state index in [0.29, 0.717) is 31.7 Å². The Balaban J connectivity index is 1.70. The van der Waals surface area contributed by atoms with E-state index in [4.69, 9.17) is 9.47 Å². The van der Waals surface area contributed by atoms with Gasteiger partial charge in [-0.05, 0) is 23.3 Å². The molecule has 0 saturated heterocycles. The van der Waals surface area contributed by atoms with Gasteiger partial charge in [-0.2, -0.15) is 0 Å². The Bertz CT molecular complexity index is 891. The Morgan fingerprint density at radius 1 is 1.36 bits per heavy atom. The molecule has 1 amide bonds. The van der Waals surface area contributed by atoms with Gasteiger partial charge in [0.15, 0.2) is 0 Å². The standard InChI is InChI=1S/C19H18N2O4/c1-21-10-13-8-11(3-4-14(13)18(21)22)7-12-9-16(19(23)24-2)20-15-5-6-25-17(12)15/h3-4,8-9H,5-7,10H2,1-2H3. The number of esters is 1. The van der Waals surface area contributed by atoms with Gasteiger partial charge in [-0.1, -0.05) is 12.1 Å².